The lowest BCUT2D eigenvalue weighted by Crippen LogP contribution is -2.38. The maximum absolute atomic E-state index is 14.0. The molecule has 0 spiro atoms. The molecule has 1 unspecified atom stereocenters. The van der Waals surface area contributed by atoms with Crippen LogP contribution in [0.2, 0.25) is 0 Å². The first-order valence-corrected chi connectivity index (χ1v) is 12.9. The number of carbonyl (C=O) groups is 1. The van der Waals surface area contributed by atoms with Gasteiger partial charge in [-0.15, -0.1) is 0 Å². The van der Waals surface area contributed by atoms with Crippen LogP contribution in [0.25, 0.3) is 0 Å². The van der Waals surface area contributed by atoms with Crippen LogP contribution in [0.15, 0.2) is 41.7 Å². The van der Waals surface area contributed by atoms with Crippen LogP contribution in [-0.2, 0) is 20.9 Å². The maximum atomic E-state index is 14.0. The molecule has 35 heavy (non-hydrogen) atoms. The van der Waals surface area contributed by atoms with Crippen molar-refractivity contribution in [1.82, 2.24) is 4.98 Å². The van der Waals surface area contributed by atoms with Crippen molar-refractivity contribution in [3.05, 3.63) is 47.7 Å². The third kappa shape index (κ3) is 5.20. The number of nitrogens with zero attached hydrogens (tertiary/aromatic N) is 3. The van der Waals surface area contributed by atoms with E-state index in [1.54, 1.807) is 13.3 Å². The molecule has 2 fully saturated rings. The monoisotopic (exact) mass is 476 g/mol. The first-order valence-electron chi connectivity index (χ1n) is 12.9. The summed E-state index contributed by atoms with van der Waals surface area (Å²) in [5.41, 5.74) is 5.27. The molecule has 0 saturated heterocycles. The largest absolute Gasteiger partial charge is 0.399 e. The summed E-state index contributed by atoms with van der Waals surface area (Å²) in [5.74, 6) is 1.43. The van der Waals surface area contributed by atoms with E-state index < -0.39 is 0 Å². The van der Waals surface area contributed by atoms with E-state index >= 15 is 0 Å². The molecule has 0 bridgehead atoms. The van der Waals surface area contributed by atoms with E-state index in [-0.39, 0.29) is 24.0 Å². The Hall–Kier alpha value is -2.93. The Morgan fingerprint density at radius 2 is 2.00 bits per heavy atom. The van der Waals surface area contributed by atoms with E-state index in [0.29, 0.717) is 12.5 Å². The highest BCUT2D eigenvalue weighted by Gasteiger charge is 2.34. The second kappa shape index (κ2) is 10.4. The number of aromatic nitrogens is 1. The summed E-state index contributed by atoms with van der Waals surface area (Å²) in [6, 6.07) is 10.5. The molecule has 1 atom stereocenters. The molecule has 3 aliphatic rings. The summed E-state index contributed by atoms with van der Waals surface area (Å²) in [4.78, 5) is 25.5. The van der Waals surface area contributed by atoms with E-state index in [4.69, 9.17) is 9.57 Å². The van der Waals surface area contributed by atoms with Gasteiger partial charge in [0.25, 0.3) is 0 Å². The normalized spacial score (nSPS) is 25.1. The van der Waals surface area contributed by atoms with Crippen molar-refractivity contribution in [2.45, 2.75) is 83.5 Å². The van der Waals surface area contributed by atoms with E-state index in [1.807, 2.05) is 11.0 Å². The lowest BCUT2D eigenvalue weighted by atomic mass is 9.86. The molecule has 1 amide bonds. The average molecular weight is 477 g/mol. The van der Waals surface area contributed by atoms with Gasteiger partial charge in [0.15, 0.2) is 0 Å². The minimum absolute atomic E-state index is 0.0173. The number of amides is 1. The Kier molecular flexibility index (Phi) is 7.04. The summed E-state index contributed by atoms with van der Waals surface area (Å²) >= 11 is 0. The standard InChI is InChI=1S/C28H36N4O3/c1-18(2)35-24-11-7-19(8-12-24)28(33)32-17-22-5-4-14-29-27(22)30-25-13-9-21(16-26(25)32)20-6-10-23(15-20)31-34-3/h4-5,9,13-14,16,18-20,24H,6-8,10-12,15,17H2,1-3H3,(H,29,30). The van der Waals surface area contributed by atoms with Gasteiger partial charge in [-0.05, 0) is 88.5 Å². The van der Waals surface area contributed by atoms with Crippen molar-refractivity contribution in [2.24, 2.45) is 11.1 Å². The molecule has 186 valence electrons. The third-order valence-corrected chi connectivity index (χ3v) is 7.49. The highest BCUT2D eigenvalue weighted by atomic mass is 16.6. The fourth-order valence-corrected chi connectivity index (χ4v) is 5.77. The summed E-state index contributed by atoms with van der Waals surface area (Å²) in [6.45, 7) is 4.68. The van der Waals surface area contributed by atoms with Gasteiger partial charge in [0, 0.05) is 17.7 Å². The Balaban J connectivity index is 1.43. The fourth-order valence-electron chi connectivity index (χ4n) is 5.77. The van der Waals surface area contributed by atoms with Crippen LogP contribution in [0.5, 0.6) is 0 Å². The summed E-state index contributed by atoms with van der Waals surface area (Å²) < 4.78 is 6.02. The molecule has 2 heterocycles. The minimum atomic E-state index is 0.0173. The Morgan fingerprint density at radius 3 is 2.77 bits per heavy atom. The maximum Gasteiger partial charge on any atom is 0.230 e. The Morgan fingerprint density at radius 1 is 1.17 bits per heavy atom. The molecule has 1 aromatic heterocycles. The molecule has 0 radical (unpaired) electrons. The van der Waals surface area contributed by atoms with Gasteiger partial charge in [0.05, 0.1) is 35.8 Å². The van der Waals surface area contributed by atoms with Crippen molar-refractivity contribution in [2.75, 3.05) is 17.3 Å². The highest BCUT2D eigenvalue weighted by molar-refractivity contribution is 6.00. The highest BCUT2D eigenvalue weighted by Crippen LogP contribution is 2.41. The van der Waals surface area contributed by atoms with E-state index in [0.717, 1.165) is 73.4 Å². The van der Waals surface area contributed by atoms with Crippen LogP contribution in [0.1, 0.15) is 75.8 Å². The molecule has 7 nitrogen and oxygen atoms in total. The number of oxime groups is 1. The van der Waals surface area contributed by atoms with Crippen molar-refractivity contribution >= 4 is 28.8 Å². The zero-order valence-electron chi connectivity index (χ0n) is 21.0. The van der Waals surface area contributed by atoms with Gasteiger partial charge in [-0.1, -0.05) is 17.3 Å². The van der Waals surface area contributed by atoms with E-state index in [1.165, 1.54) is 5.56 Å². The number of carbonyl (C=O) groups excluding carboxylic acids is 1. The molecule has 2 saturated carbocycles. The summed E-state index contributed by atoms with van der Waals surface area (Å²) in [7, 11) is 1.60. The molecule has 7 heteroatoms. The van der Waals surface area contributed by atoms with Crippen LogP contribution in [0.3, 0.4) is 0 Å². The van der Waals surface area contributed by atoms with E-state index in [2.05, 4.69) is 53.6 Å². The number of anilines is 3. The van der Waals surface area contributed by atoms with Crippen molar-refractivity contribution in [1.29, 1.82) is 0 Å². The molecule has 1 aromatic carbocycles. The van der Waals surface area contributed by atoms with Gasteiger partial charge in [0.2, 0.25) is 5.91 Å². The molecular weight excluding hydrogens is 440 g/mol. The fraction of sp³-hybridized carbons (Fsp3) is 0.536. The van der Waals surface area contributed by atoms with Crippen molar-refractivity contribution < 1.29 is 14.4 Å². The van der Waals surface area contributed by atoms with Gasteiger partial charge in [-0.25, -0.2) is 4.98 Å². The average Bonchev–Trinajstić information content (AvgIpc) is 3.25. The van der Waals surface area contributed by atoms with Crippen LogP contribution in [0, 0.1) is 5.92 Å². The van der Waals surface area contributed by atoms with Crippen LogP contribution in [0.4, 0.5) is 17.2 Å². The van der Waals surface area contributed by atoms with Crippen molar-refractivity contribution in [3.63, 3.8) is 0 Å². The number of benzene rings is 1. The molecule has 1 N–H and O–H groups in total. The molecule has 2 aliphatic carbocycles. The number of hydrogen-bond acceptors (Lipinski definition) is 6. The van der Waals surface area contributed by atoms with Crippen molar-refractivity contribution in [3.8, 4) is 0 Å². The summed E-state index contributed by atoms with van der Waals surface area (Å²) in [6.07, 6.45) is 8.80. The second-order valence-electron chi connectivity index (χ2n) is 10.3. The predicted molar refractivity (Wildman–Crippen MR) is 138 cm³/mol. The Bertz CT molecular complexity index is 1090. The third-order valence-electron chi connectivity index (χ3n) is 7.49. The van der Waals surface area contributed by atoms with Crippen LogP contribution < -0.4 is 10.2 Å². The minimum Gasteiger partial charge on any atom is -0.399 e. The first-order chi connectivity index (χ1) is 17.0. The Labute approximate surface area is 207 Å². The number of nitrogens with one attached hydrogen (secondary N) is 1. The van der Waals surface area contributed by atoms with Crippen LogP contribution >= 0.6 is 0 Å². The van der Waals surface area contributed by atoms with Gasteiger partial charge in [-0.2, -0.15) is 0 Å². The lowest BCUT2D eigenvalue weighted by Gasteiger charge is -2.33. The number of hydrogen-bond donors (Lipinski definition) is 1. The molecule has 5 rings (SSSR count). The smallest absolute Gasteiger partial charge is 0.230 e. The second-order valence-corrected chi connectivity index (χ2v) is 10.3. The van der Waals surface area contributed by atoms with Gasteiger partial charge in [-0.3, -0.25) is 4.79 Å². The zero-order valence-corrected chi connectivity index (χ0v) is 21.0. The molecule has 1 aliphatic heterocycles. The van der Waals surface area contributed by atoms with Gasteiger partial charge >= 0.3 is 0 Å². The lowest BCUT2D eigenvalue weighted by molar-refractivity contribution is -0.124. The molecular formula is C28H36N4O3. The zero-order chi connectivity index (χ0) is 24.4. The number of ether oxygens (including phenoxy) is 1. The number of fused-ring (bicyclic) bond motifs is 2. The number of rotatable bonds is 5. The summed E-state index contributed by atoms with van der Waals surface area (Å²) in [5, 5.41) is 7.68. The predicted octanol–water partition coefficient (Wildman–Crippen LogP) is 5.93. The van der Waals surface area contributed by atoms with E-state index in [9.17, 15) is 4.79 Å². The SMILES string of the molecule is CON=C1CCC(c2ccc3c(c2)N(C(=O)C2CCC(OC(C)C)CC2)Cc2cccnc2N3)C1. The molecule has 2 aromatic rings. The first kappa shape index (κ1) is 23.8. The topological polar surface area (TPSA) is 76.0 Å². The quantitative estimate of drug-likeness (QED) is 0.542. The van der Waals surface area contributed by atoms with Gasteiger partial charge < -0.3 is 19.8 Å². The van der Waals surface area contributed by atoms with Crippen LogP contribution in [-0.4, -0.2) is 35.9 Å². The van der Waals surface area contributed by atoms with Gasteiger partial charge in [0.1, 0.15) is 12.9 Å². The number of pyridine rings is 1.